The molecule has 27 heavy (non-hydrogen) atoms. The summed E-state index contributed by atoms with van der Waals surface area (Å²) in [6.07, 6.45) is 1.53. The number of aromatic nitrogens is 1. The van der Waals surface area contributed by atoms with Gasteiger partial charge in [0.15, 0.2) is 6.10 Å². The van der Waals surface area contributed by atoms with Gasteiger partial charge >= 0.3 is 0 Å². The Morgan fingerprint density at radius 1 is 1.41 bits per heavy atom. The van der Waals surface area contributed by atoms with Crippen LogP contribution in [0.4, 0.5) is 4.39 Å². The lowest BCUT2D eigenvalue weighted by atomic mass is 10.1. The topological polar surface area (TPSA) is 75.6 Å². The summed E-state index contributed by atoms with van der Waals surface area (Å²) in [6, 6.07) is 9.92. The number of alkyl halides is 1. The highest BCUT2D eigenvalue weighted by Gasteiger charge is 2.20. The van der Waals surface area contributed by atoms with Crippen LogP contribution in [0.25, 0.3) is 10.9 Å². The number of para-hydroxylation sites is 1. The Labute approximate surface area is 165 Å². The lowest BCUT2D eigenvalue weighted by molar-refractivity contribution is -0.122. The molecule has 8 heteroatoms. The molecule has 0 fully saturated rings. The van der Waals surface area contributed by atoms with Crippen molar-refractivity contribution in [3.63, 3.8) is 0 Å². The Balaban J connectivity index is 1.30. The molecule has 3 rings (SSSR count). The minimum absolute atomic E-state index is 0.148. The lowest BCUT2D eigenvalue weighted by Gasteiger charge is -2.12. The van der Waals surface area contributed by atoms with Gasteiger partial charge in [-0.05, 0) is 40.0 Å². The Kier molecular flexibility index (Phi) is 7.11. The summed E-state index contributed by atoms with van der Waals surface area (Å²) in [7, 11) is 0. The molecule has 0 saturated heterocycles. The second-order valence-corrected chi connectivity index (χ2v) is 7.42. The van der Waals surface area contributed by atoms with Crippen LogP contribution in [0.1, 0.15) is 24.8 Å². The zero-order chi connectivity index (χ0) is 19.1. The number of rotatable bonds is 9. The Hall–Kier alpha value is -2.06. The molecule has 144 valence electrons. The average molecular weight is 437 g/mol. The molecule has 0 saturated carbocycles. The maximum absolute atomic E-state index is 14.0. The number of carbonyl (C=O) groups is 1. The summed E-state index contributed by atoms with van der Waals surface area (Å²) < 4.78 is 14.7. The van der Waals surface area contributed by atoms with Crippen molar-refractivity contribution in [2.75, 3.05) is 13.1 Å². The number of hydrogen-bond acceptors (Lipinski definition) is 5. The van der Waals surface area contributed by atoms with Gasteiger partial charge in [-0.15, -0.1) is 0 Å². The van der Waals surface area contributed by atoms with E-state index in [-0.39, 0.29) is 31.4 Å². The summed E-state index contributed by atoms with van der Waals surface area (Å²) in [4.78, 5) is 21.3. The number of amides is 1. The van der Waals surface area contributed by atoms with Gasteiger partial charge in [0, 0.05) is 37.5 Å². The molecule has 0 radical (unpaired) electrons. The van der Waals surface area contributed by atoms with Crippen LogP contribution in [-0.2, 0) is 16.2 Å². The van der Waals surface area contributed by atoms with Gasteiger partial charge in [-0.2, -0.15) is 0 Å². The lowest BCUT2D eigenvalue weighted by Crippen LogP contribution is -2.33. The summed E-state index contributed by atoms with van der Waals surface area (Å²) in [5, 5.41) is 10.6. The van der Waals surface area contributed by atoms with E-state index in [1.54, 1.807) is 6.20 Å². The molecule has 2 N–H and O–H groups in total. The third kappa shape index (κ3) is 6.25. The van der Waals surface area contributed by atoms with E-state index in [0.29, 0.717) is 19.5 Å². The van der Waals surface area contributed by atoms with Crippen LogP contribution in [0.3, 0.4) is 0 Å². The molecule has 1 aliphatic rings. The molecule has 2 unspecified atom stereocenters. The minimum atomic E-state index is -1.08. The molecule has 2 aromatic rings. The number of carbonyl (C=O) groups excluding carboxylic acids is 1. The Bertz CT molecular complexity index is 817. The van der Waals surface area contributed by atoms with Gasteiger partial charge < -0.3 is 15.5 Å². The predicted octanol–water partition coefficient (Wildman–Crippen LogP) is 3.06. The molecular weight excluding hydrogens is 415 g/mol. The van der Waals surface area contributed by atoms with Gasteiger partial charge in [-0.25, -0.2) is 4.39 Å². The maximum atomic E-state index is 14.0. The van der Waals surface area contributed by atoms with Crippen LogP contribution >= 0.6 is 15.9 Å². The van der Waals surface area contributed by atoms with Gasteiger partial charge in [-0.1, -0.05) is 23.4 Å². The molecule has 1 amide bonds. The summed E-state index contributed by atoms with van der Waals surface area (Å²) in [5.74, 6) is -0.178. The van der Waals surface area contributed by atoms with Crippen molar-refractivity contribution in [1.29, 1.82) is 0 Å². The molecule has 2 heterocycles. The van der Waals surface area contributed by atoms with Crippen LogP contribution in [-0.4, -0.2) is 40.9 Å². The highest BCUT2D eigenvalue weighted by molar-refractivity contribution is 9.18. The van der Waals surface area contributed by atoms with Crippen LogP contribution in [0.5, 0.6) is 0 Å². The largest absolute Gasteiger partial charge is 0.390 e. The number of oxime groups is 1. The third-order valence-corrected chi connectivity index (χ3v) is 4.72. The Morgan fingerprint density at radius 3 is 3.07 bits per heavy atom. The zero-order valence-corrected chi connectivity index (χ0v) is 16.4. The van der Waals surface area contributed by atoms with Gasteiger partial charge in [0.1, 0.15) is 10.8 Å². The zero-order valence-electron chi connectivity index (χ0n) is 14.8. The molecule has 1 aromatic carbocycles. The van der Waals surface area contributed by atoms with Crippen molar-refractivity contribution < 1.29 is 14.0 Å². The second-order valence-electron chi connectivity index (χ2n) is 6.51. The van der Waals surface area contributed by atoms with E-state index in [2.05, 4.69) is 36.7 Å². The van der Waals surface area contributed by atoms with E-state index in [1.807, 2.05) is 30.3 Å². The number of nitrogens with zero attached hydrogens (tertiary/aromatic N) is 2. The van der Waals surface area contributed by atoms with E-state index >= 15 is 0 Å². The number of pyridine rings is 1. The summed E-state index contributed by atoms with van der Waals surface area (Å²) in [5.41, 5.74) is 1.95. The molecule has 1 aliphatic heterocycles. The molecule has 6 nitrogen and oxygen atoms in total. The maximum Gasteiger partial charge on any atom is 0.220 e. The standard InChI is InChI=1S/C19H22BrFN4O2/c20-18-8-16(27-25-18)12-24-19(26)6-5-15(21)11-22-9-13-7-14-3-1-2-4-17(14)23-10-13/h1-4,7,10,15-16,22H,5-6,8-9,11-12H2,(H,24,26). The van der Waals surface area contributed by atoms with Crippen molar-refractivity contribution in [2.24, 2.45) is 5.16 Å². The van der Waals surface area contributed by atoms with Gasteiger partial charge in [0.2, 0.25) is 5.91 Å². The fourth-order valence-electron chi connectivity index (χ4n) is 2.80. The van der Waals surface area contributed by atoms with Crippen molar-refractivity contribution >= 4 is 37.4 Å². The van der Waals surface area contributed by atoms with Crippen LogP contribution in [0, 0.1) is 0 Å². The molecule has 0 aliphatic carbocycles. The smallest absolute Gasteiger partial charge is 0.220 e. The summed E-state index contributed by atoms with van der Waals surface area (Å²) >= 11 is 3.24. The first-order chi connectivity index (χ1) is 13.1. The van der Waals surface area contributed by atoms with E-state index in [4.69, 9.17) is 4.84 Å². The van der Waals surface area contributed by atoms with E-state index in [0.717, 1.165) is 21.1 Å². The highest BCUT2D eigenvalue weighted by atomic mass is 79.9. The number of halogens is 2. The summed E-state index contributed by atoms with van der Waals surface area (Å²) in [6.45, 7) is 1.12. The van der Waals surface area contributed by atoms with E-state index in [1.165, 1.54) is 0 Å². The van der Waals surface area contributed by atoms with E-state index in [9.17, 15) is 9.18 Å². The van der Waals surface area contributed by atoms with Crippen molar-refractivity contribution in [3.8, 4) is 0 Å². The van der Waals surface area contributed by atoms with Crippen molar-refractivity contribution in [1.82, 2.24) is 15.6 Å². The highest BCUT2D eigenvalue weighted by Crippen LogP contribution is 2.14. The van der Waals surface area contributed by atoms with Crippen LogP contribution in [0.2, 0.25) is 0 Å². The average Bonchev–Trinajstić information content (AvgIpc) is 3.10. The molecule has 1 aromatic heterocycles. The van der Waals surface area contributed by atoms with Crippen LogP contribution in [0.15, 0.2) is 41.7 Å². The monoisotopic (exact) mass is 436 g/mol. The number of hydrogen-bond donors (Lipinski definition) is 2. The first-order valence-electron chi connectivity index (χ1n) is 8.93. The van der Waals surface area contributed by atoms with Crippen molar-refractivity contribution in [2.45, 2.75) is 38.1 Å². The van der Waals surface area contributed by atoms with Gasteiger partial charge in [0.25, 0.3) is 0 Å². The third-order valence-electron chi connectivity index (χ3n) is 4.25. The first kappa shape index (κ1) is 19.7. The Morgan fingerprint density at radius 2 is 2.26 bits per heavy atom. The van der Waals surface area contributed by atoms with Gasteiger partial charge in [0.05, 0.1) is 12.1 Å². The number of nitrogens with one attached hydrogen (secondary N) is 2. The first-order valence-corrected chi connectivity index (χ1v) is 9.73. The number of fused-ring (bicyclic) bond motifs is 1. The fourth-order valence-corrected chi connectivity index (χ4v) is 3.24. The molecular formula is C19H22BrFN4O2. The number of benzene rings is 1. The quantitative estimate of drug-likeness (QED) is 0.633. The minimum Gasteiger partial charge on any atom is -0.390 e. The second kappa shape index (κ2) is 9.75. The molecule has 0 bridgehead atoms. The van der Waals surface area contributed by atoms with Crippen molar-refractivity contribution in [3.05, 3.63) is 42.1 Å². The van der Waals surface area contributed by atoms with Gasteiger partial charge in [-0.3, -0.25) is 9.78 Å². The SMILES string of the molecule is O=C(CCC(F)CNCc1cnc2ccccc2c1)NCC1CC(Br)=NO1. The van der Waals surface area contributed by atoms with E-state index < -0.39 is 6.17 Å². The fraction of sp³-hybridized carbons (Fsp3) is 0.421. The molecule has 0 spiro atoms. The normalized spacial score (nSPS) is 17.4. The molecule has 2 atom stereocenters. The predicted molar refractivity (Wildman–Crippen MR) is 106 cm³/mol. The van der Waals surface area contributed by atoms with Crippen LogP contribution < -0.4 is 10.6 Å².